The molecular formula is C22H28N4+2. The molecule has 0 aliphatic carbocycles. The molecule has 0 amide bonds. The van der Waals surface area contributed by atoms with Gasteiger partial charge in [-0.1, -0.05) is 42.5 Å². The van der Waals surface area contributed by atoms with Gasteiger partial charge in [-0.3, -0.25) is 0 Å². The molecule has 26 heavy (non-hydrogen) atoms. The van der Waals surface area contributed by atoms with Gasteiger partial charge in [0.25, 0.3) is 0 Å². The van der Waals surface area contributed by atoms with Gasteiger partial charge in [0.15, 0.2) is 0 Å². The molecule has 0 aliphatic heterocycles. The zero-order chi connectivity index (χ0) is 17.9. The van der Waals surface area contributed by atoms with Crippen LogP contribution >= 0.6 is 0 Å². The van der Waals surface area contributed by atoms with Gasteiger partial charge >= 0.3 is 5.78 Å². The van der Waals surface area contributed by atoms with E-state index in [1.807, 2.05) is 0 Å². The fourth-order valence-corrected chi connectivity index (χ4v) is 3.87. The molecule has 0 unspecified atom stereocenters. The molecule has 4 heteroatoms. The first-order chi connectivity index (χ1) is 12.8. The lowest BCUT2D eigenvalue weighted by Crippen LogP contribution is -3.11. The molecule has 2 N–H and O–H groups in total. The Morgan fingerprint density at radius 3 is 2.46 bits per heavy atom. The second-order valence-corrected chi connectivity index (χ2v) is 6.93. The minimum Gasteiger partial charge on any atom is -0.335 e. The molecule has 0 saturated carbocycles. The summed E-state index contributed by atoms with van der Waals surface area (Å²) < 4.78 is 4.74. The summed E-state index contributed by atoms with van der Waals surface area (Å²) in [5.74, 6) is 1.17. The lowest BCUT2D eigenvalue weighted by Gasteiger charge is -2.14. The molecule has 4 aromatic rings. The van der Waals surface area contributed by atoms with Gasteiger partial charge in [0.1, 0.15) is 22.9 Å². The molecule has 0 saturated heterocycles. The number of quaternary nitrogens is 1. The van der Waals surface area contributed by atoms with Gasteiger partial charge in [0.05, 0.1) is 26.2 Å². The molecule has 0 atom stereocenters. The molecule has 0 aliphatic rings. The number of rotatable bonds is 7. The highest BCUT2D eigenvalue weighted by molar-refractivity contribution is 5.74. The third-order valence-corrected chi connectivity index (χ3v) is 5.42. The van der Waals surface area contributed by atoms with Gasteiger partial charge in [-0.25, -0.2) is 9.55 Å². The summed E-state index contributed by atoms with van der Waals surface area (Å²) >= 11 is 0. The van der Waals surface area contributed by atoms with Gasteiger partial charge in [-0.15, -0.1) is 0 Å². The van der Waals surface area contributed by atoms with Crippen LogP contribution in [0.25, 0.3) is 28.1 Å². The molecule has 0 fully saturated rings. The van der Waals surface area contributed by atoms with Crippen molar-refractivity contribution in [2.24, 2.45) is 0 Å². The van der Waals surface area contributed by atoms with Gasteiger partial charge < -0.3 is 4.90 Å². The Hall–Kier alpha value is -2.59. The summed E-state index contributed by atoms with van der Waals surface area (Å²) in [5, 5.41) is 0. The maximum absolute atomic E-state index is 3.62. The largest absolute Gasteiger partial charge is 0.368 e. The second-order valence-electron chi connectivity index (χ2n) is 6.93. The molecule has 2 aromatic carbocycles. The predicted molar refractivity (Wildman–Crippen MR) is 106 cm³/mol. The first kappa shape index (κ1) is 16.9. The van der Waals surface area contributed by atoms with Crippen molar-refractivity contribution in [1.82, 2.24) is 9.55 Å². The van der Waals surface area contributed by atoms with Gasteiger partial charge in [-0.2, -0.15) is 4.40 Å². The van der Waals surface area contributed by atoms with Gasteiger partial charge in [0.2, 0.25) is 0 Å². The number of para-hydroxylation sites is 2. The smallest absolute Gasteiger partial charge is 0.335 e. The van der Waals surface area contributed by atoms with Crippen molar-refractivity contribution in [2.75, 3.05) is 19.6 Å². The Labute approximate surface area is 154 Å². The van der Waals surface area contributed by atoms with Crippen LogP contribution in [0.2, 0.25) is 0 Å². The zero-order valence-corrected chi connectivity index (χ0v) is 15.7. The van der Waals surface area contributed by atoms with E-state index in [4.69, 9.17) is 0 Å². The van der Waals surface area contributed by atoms with Crippen molar-refractivity contribution in [3.8, 4) is 11.3 Å². The van der Waals surface area contributed by atoms with Crippen LogP contribution in [0, 0.1) is 0 Å². The van der Waals surface area contributed by atoms with E-state index in [1.165, 1.54) is 54.1 Å². The highest BCUT2D eigenvalue weighted by atomic mass is 15.2. The number of benzene rings is 2. The summed E-state index contributed by atoms with van der Waals surface area (Å²) in [7, 11) is 0. The van der Waals surface area contributed by atoms with Crippen molar-refractivity contribution < 1.29 is 9.30 Å². The molecule has 2 aromatic heterocycles. The average Bonchev–Trinajstić information content (AvgIpc) is 3.22. The first-order valence-electron chi connectivity index (χ1n) is 9.72. The fraction of sp³-hybridized carbons (Fsp3) is 0.318. The zero-order valence-electron chi connectivity index (χ0n) is 15.7. The molecule has 4 rings (SSSR count). The van der Waals surface area contributed by atoms with Crippen LogP contribution < -0.4 is 9.30 Å². The van der Waals surface area contributed by atoms with Crippen LogP contribution in [0.5, 0.6) is 0 Å². The molecule has 2 heterocycles. The molecular weight excluding hydrogens is 320 g/mol. The number of aromatic nitrogens is 3. The maximum atomic E-state index is 3.62. The third-order valence-electron chi connectivity index (χ3n) is 5.42. The van der Waals surface area contributed by atoms with Crippen LogP contribution in [0.3, 0.4) is 0 Å². The number of H-pyrrole nitrogens is 1. The van der Waals surface area contributed by atoms with Crippen molar-refractivity contribution in [1.29, 1.82) is 0 Å². The Bertz CT molecular complexity index is 993. The Morgan fingerprint density at radius 2 is 1.69 bits per heavy atom. The standard InChI is InChI=1S/C22H26N4/c1-3-24(4-2)15-10-16-25-21(18-11-6-5-7-12-18)17-26-20-14-9-8-13-19(20)23-22(25)26/h5-9,11-14,17H,3-4,10,15-16H2,1-2H3/p+2. The molecule has 134 valence electrons. The summed E-state index contributed by atoms with van der Waals surface area (Å²) in [6.07, 6.45) is 3.45. The van der Waals surface area contributed by atoms with E-state index in [9.17, 15) is 0 Å². The third kappa shape index (κ3) is 3.01. The van der Waals surface area contributed by atoms with Crippen LogP contribution in [0.15, 0.2) is 60.8 Å². The van der Waals surface area contributed by atoms with Crippen molar-refractivity contribution in [2.45, 2.75) is 26.8 Å². The molecule has 0 radical (unpaired) electrons. The number of imidazole rings is 2. The van der Waals surface area contributed by atoms with E-state index in [-0.39, 0.29) is 0 Å². The van der Waals surface area contributed by atoms with Crippen LogP contribution in [-0.2, 0) is 6.54 Å². The van der Waals surface area contributed by atoms with E-state index in [2.05, 4.69) is 88.6 Å². The van der Waals surface area contributed by atoms with E-state index < -0.39 is 0 Å². The Kier molecular flexibility index (Phi) is 4.76. The van der Waals surface area contributed by atoms with Crippen LogP contribution in [0.4, 0.5) is 0 Å². The average molecular weight is 348 g/mol. The highest BCUT2D eigenvalue weighted by Crippen LogP contribution is 2.22. The quantitative estimate of drug-likeness (QED) is 0.481. The van der Waals surface area contributed by atoms with Gasteiger partial charge in [0, 0.05) is 12.0 Å². The number of aromatic amines is 1. The number of aryl methyl sites for hydroxylation is 1. The van der Waals surface area contributed by atoms with Crippen LogP contribution in [0.1, 0.15) is 20.3 Å². The second kappa shape index (κ2) is 7.34. The van der Waals surface area contributed by atoms with Crippen LogP contribution in [-0.4, -0.2) is 29.2 Å². The number of hydrogen-bond acceptors (Lipinski definition) is 0. The van der Waals surface area contributed by atoms with Crippen molar-refractivity contribution in [3.63, 3.8) is 0 Å². The fourth-order valence-electron chi connectivity index (χ4n) is 3.87. The van der Waals surface area contributed by atoms with Crippen molar-refractivity contribution >= 4 is 16.8 Å². The van der Waals surface area contributed by atoms with E-state index in [0.717, 1.165) is 6.54 Å². The number of nitrogens with zero attached hydrogens (tertiary/aromatic N) is 2. The topological polar surface area (TPSA) is 29.3 Å². The lowest BCUT2D eigenvalue weighted by molar-refractivity contribution is -0.896. The Balaban J connectivity index is 1.76. The number of hydrogen-bond donors (Lipinski definition) is 2. The summed E-state index contributed by atoms with van der Waals surface area (Å²) in [6.45, 7) is 9.18. The maximum Gasteiger partial charge on any atom is 0.368 e. The SMILES string of the molecule is CC[NH+](CC)CCCn1c(-c2ccccc2)c[n+]2c3ccccc3[nH]c12. The van der Waals surface area contributed by atoms with E-state index >= 15 is 0 Å². The summed E-state index contributed by atoms with van der Waals surface area (Å²) in [5.41, 5.74) is 4.96. The van der Waals surface area contributed by atoms with Gasteiger partial charge in [-0.05, 0) is 26.0 Å². The predicted octanol–water partition coefficient (Wildman–Crippen LogP) is 2.69. The minimum atomic E-state index is 1.02. The molecule has 0 spiro atoms. The van der Waals surface area contributed by atoms with E-state index in [0.29, 0.717) is 0 Å². The minimum absolute atomic E-state index is 1.02. The molecule has 0 bridgehead atoms. The summed E-state index contributed by atoms with van der Waals surface area (Å²) in [6, 6.07) is 19.2. The first-order valence-corrected chi connectivity index (χ1v) is 9.72. The Morgan fingerprint density at radius 1 is 0.962 bits per heavy atom. The lowest BCUT2D eigenvalue weighted by atomic mass is 10.1. The summed E-state index contributed by atoms with van der Waals surface area (Å²) in [4.78, 5) is 5.29. The molecule has 4 nitrogen and oxygen atoms in total. The highest BCUT2D eigenvalue weighted by Gasteiger charge is 2.22. The van der Waals surface area contributed by atoms with E-state index in [1.54, 1.807) is 4.90 Å². The number of nitrogens with one attached hydrogen (secondary N) is 2. The monoisotopic (exact) mass is 348 g/mol. The van der Waals surface area contributed by atoms with Crippen molar-refractivity contribution in [3.05, 3.63) is 60.8 Å². The number of fused-ring (bicyclic) bond motifs is 3. The normalized spacial score (nSPS) is 11.8.